The van der Waals surface area contributed by atoms with Crippen molar-refractivity contribution in [1.29, 1.82) is 0 Å². The van der Waals surface area contributed by atoms with Gasteiger partial charge in [0, 0.05) is 36.1 Å². The standard InChI is InChI=1S/C14H13N3O3/c1-20-14(19)12-6-8(2-4-15-12)11-7-9-10(17-11)3-5-16-13(9)18/h2,4,6-7,17H,3,5H2,1H3,(H,16,18). The summed E-state index contributed by atoms with van der Waals surface area (Å²) in [5.74, 6) is -0.558. The van der Waals surface area contributed by atoms with Crippen LogP contribution >= 0.6 is 0 Å². The second-order valence-corrected chi connectivity index (χ2v) is 4.50. The van der Waals surface area contributed by atoms with Gasteiger partial charge in [0.05, 0.1) is 12.7 Å². The van der Waals surface area contributed by atoms with Crippen LogP contribution in [0.3, 0.4) is 0 Å². The zero-order valence-electron chi connectivity index (χ0n) is 10.9. The molecule has 3 rings (SSSR count). The molecule has 0 aliphatic carbocycles. The number of carbonyl (C=O) groups is 2. The van der Waals surface area contributed by atoms with Gasteiger partial charge in [-0.25, -0.2) is 9.78 Å². The summed E-state index contributed by atoms with van der Waals surface area (Å²) in [6.07, 6.45) is 2.32. The SMILES string of the molecule is COC(=O)c1cc(-c2cc3c([nH]2)CCNC3=O)ccn1. The van der Waals surface area contributed by atoms with Crippen molar-refractivity contribution < 1.29 is 14.3 Å². The van der Waals surface area contributed by atoms with Crippen LogP contribution in [0.15, 0.2) is 24.4 Å². The molecule has 2 aromatic rings. The molecule has 0 spiro atoms. The van der Waals surface area contributed by atoms with Crippen molar-refractivity contribution in [2.75, 3.05) is 13.7 Å². The number of amides is 1. The topological polar surface area (TPSA) is 84.1 Å². The first-order valence-corrected chi connectivity index (χ1v) is 6.24. The Morgan fingerprint density at radius 1 is 1.40 bits per heavy atom. The Hall–Kier alpha value is -2.63. The maximum absolute atomic E-state index is 11.7. The maximum atomic E-state index is 11.7. The first kappa shape index (κ1) is 12.4. The summed E-state index contributed by atoms with van der Waals surface area (Å²) in [7, 11) is 1.31. The number of methoxy groups -OCH3 is 1. The third-order valence-corrected chi connectivity index (χ3v) is 3.27. The van der Waals surface area contributed by atoms with Gasteiger partial charge < -0.3 is 15.0 Å². The fraction of sp³-hybridized carbons (Fsp3) is 0.214. The van der Waals surface area contributed by atoms with Gasteiger partial charge in [0.2, 0.25) is 0 Å². The lowest BCUT2D eigenvalue weighted by atomic mass is 10.1. The van der Waals surface area contributed by atoms with E-state index in [9.17, 15) is 9.59 Å². The molecule has 6 heteroatoms. The number of hydrogen-bond donors (Lipinski definition) is 2. The number of esters is 1. The van der Waals surface area contributed by atoms with Gasteiger partial charge in [-0.2, -0.15) is 0 Å². The molecule has 0 aromatic carbocycles. The molecule has 1 aliphatic rings. The minimum absolute atomic E-state index is 0.0732. The first-order valence-electron chi connectivity index (χ1n) is 6.24. The average Bonchev–Trinajstić information content (AvgIpc) is 2.92. The molecule has 3 heterocycles. The van der Waals surface area contributed by atoms with Gasteiger partial charge in [0.25, 0.3) is 5.91 Å². The number of carbonyl (C=O) groups excluding carboxylic acids is 2. The van der Waals surface area contributed by atoms with Crippen LogP contribution in [0.2, 0.25) is 0 Å². The van der Waals surface area contributed by atoms with Crippen molar-refractivity contribution in [2.45, 2.75) is 6.42 Å². The number of nitrogens with one attached hydrogen (secondary N) is 2. The summed E-state index contributed by atoms with van der Waals surface area (Å²) in [6, 6.07) is 5.21. The van der Waals surface area contributed by atoms with E-state index in [1.807, 2.05) is 0 Å². The summed E-state index contributed by atoms with van der Waals surface area (Å²) in [4.78, 5) is 30.4. The van der Waals surface area contributed by atoms with Crippen molar-refractivity contribution in [3.05, 3.63) is 41.3 Å². The lowest BCUT2D eigenvalue weighted by Crippen LogP contribution is -2.31. The van der Waals surface area contributed by atoms with E-state index in [0.717, 1.165) is 23.4 Å². The molecule has 1 amide bonds. The summed E-state index contributed by atoms with van der Waals surface area (Å²) in [6.45, 7) is 0.634. The molecule has 102 valence electrons. The largest absolute Gasteiger partial charge is 0.464 e. The van der Waals surface area contributed by atoms with Gasteiger partial charge in [0.15, 0.2) is 0 Å². The zero-order chi connectivity index (χ0) is 14.1. The molecule has 0 bridgehead atoms. The summed E-state index contributed by atoms with van der Waals surface area (Å²) in [5, 5.41) is 2.80. The lowest BCUT2D eigenvalue weighted by molar-refractivity contribution is 0.0594. The van der Waals surface area contributed by atoms with Crippen molar-refractivity contribution >= 4 is 11.9 Å². The van der Waals surface area contributed by atoms with E-state index in [-0.39, 0.29) is 11.6 Å². The van der Waals surface area contributed by atoms with Crippen LogP contribution in [0.25, 0.3) is 11.3 Å². The normalized spacial score (nSPS) is 13.6. The van der Waals surface area contributed by atoms with Crippen molar-refractivity contribution in [3.8, 4) is 11.3 Å². The van der Waals surface area contributed by atoms with Crippen molar-refractivity contribution in [1.82, 2.24) is 15.3 Å². The molecular weight excluding hydrogens is 258 g/mol. The van der Waals surface area contributed by atoms with E-state index in [2.05, 4.69) is 20.0 Å². The van der Waals surface area contributed by atoms with E-state index in [1.54, 1.807) is 24.4 Å². The highest BCUT2D eigenvalue weighted by Gasteiger charge is 2.20. The minimum atomic E-state index is -0.485. The minimum Gasteiger partial charge on any atom is -0.464 e. The molecular formula is C14H13N3O3. The molecule has 2 N–H and O–H groups in total. The number of aromatic amines is 1. The summed E-state index contributed by atoms with van der Waals surface area (Å²) < 4.78 is 4.65. The molecule has 0 radical (unpaired) electrons. The van der Waals surface area contributed by atoms with E-state index < -0.39 is 5.97 Å². The predicted octanol–water partition coefficient (Wildman–Crippen LogP) is 1.15. The lowest BCUT2D eigenvalue weighted by Gasteiger charge is -2.10. The fourth-order valence-corrected chi connectivity index (χ4v) is 2.26. The van der Waals surface area contributed by atoms with Crippen LogP contribution in [-0.2, 0) is 11.2 Å². The second kappa shape index (κ2) is 4.80. The Morgan fingerprint density at radius 2 is 2.25 bits per heavy atom. The number of H-pyrrole nitrogens is 1. The Labute approximate surface area is 115 Å². The number of pyridine rings is 1. The van der Waals surface area contributed by atoms with Gasteiger partial charge in [-0.05, 0) is 18.2 Å². The third-order valence-electron chi connectivity index (χ3n) is 3.27. The highest BCUT2D eigenvalue weighted by Crippen LogP contribution is 2.24. The summed E-state index contributed by atoms with van der Waals surface area (Å²) >= 11 is 0. The number of nitrogens with zero attached hydrogens (tertiary/aromatic N) is 1. The first-order chi connectivity index (χ1) is 9.69. The van der Waals surface area contributed by atoms with Gasteiger partial charge in [-0.3, -0.25) is 4.79 Å². The molecule has 0 atom stereocenters. The monoisotopic (exact) mass is 271 g/mol. The second-order valence-electron chi connectivity index (χ2n) is 4.50. The maximum Gasteiger partial charge on any atom is 0.356 e. The predicted molar refractivity (Wildman–Crippen MR) is 71.4 cm³/mol. The van der Waals surface area contributed by atoms with E-state index in [4.69, 9.17) is 0 Å². The van der Waals surface area contributed by atoms with E-state index in [1.165, 1.54) is 7.11 Å². The van der Waals surface area contributed by atoms with Crippen LogP contribution in [0.1, 0.15) is 26.5 Å². The number of rotatable bonds is 2. The number of aromatic nitrogens is 2. The Balaban J connectivity index is 2.01. The fourth-order valence-electron chi connectivity index (χ4n) is 2.26. The Morgan fingerprint density at radius 3 is 3.00 bits per heavy atom. The van der Waals surface area contributed by atoms with E-state index in [0.29, 0.717) is 12.1 Å². The number of fused-ring (bicyclic) bond motifs is 1. The molecule has 0 saturated heterocycles. The van der Waals surface area contributed by atoms with Crippen LogP contribution in [0.4, 0.5) is 0 Å². The molecule has 1 aliphatic heterocycles. The Kier molecular flexibility index (Phi) is 2.98. The molecule has 6 nitrogen and oxygen atoms in total. The van der Waals surface area contributed by atoms with E-state index >= 15 is 0 Å². The Bertz CT molecular complexity index is 691. The van der Waals surface area contributed by atoms with Gasteiger partial charge >= 0.3 is 5.97 Å². The van der Waals surface area contributed by atoms with Crippen LogP contribution in [0.5, 0.6) is 0 Å². The van der Waals surface area contributed by atoms with Crippen molar-refractivity contribution in [2.24, 2.45) is 0 Å². The number of hydrogen-bond acceptors (Lipinski definition) is 4. The third kappa shape index (κ3) is 2.05. The van der Waals surface area contributed by atoms with Crippen LogP contribution in [-0.4, -0.2) is 35.5 Å². The van der Waals surface area contributed by atoms with Crippen molar-refractivity contribution in [3.63, 3.8) is 0 Å². The quantitative estimate of drug-likeness (QED) is 0.802. The number of ether oxygens (including phenoxy) is 1. The highest BCUT2D eigenvalue weighted by atomic mass is 16.5. The zero-order valence-corrected chi connectivity index (χ0v) is 10.9. The summed E-state index contributed by atoms with van der Waals surface area (Å²) in [5.41, 5.74) is 3.40. The smallest absolute Gasteiger partial charge is 0.356 e. The molecule has 0 saturated carbocycles. The highest BCUT2D eigenvalue weighted by molar-refractivity contribution is 5.98. The van der Waals surface area contributed by atoms with Crippen LogP contribution in [0, 0.1) is 0 Å². The van der Waals surface area contributed by atoms with Gasteiger partial charge in [-0.1, -0.05) is 0 Å². The average molecular weight is 271 g/mol. The van der Waals surface area contributed by atoms with Gasteiger partial charge in [0.1, 0.15) is 5.69 Å². The van der Waals surface area contributed by atoms with Crippen LogP contribution < -0.4 is 5.32 Å². The van der Waals surface area contributed by atoms with Gasteiger partial charge in [-0.15, -0.1) is 0 Å². The molecule has 2 aromatic heterocycles. The molecule has 0 fully saturated rings. The molecule has 0 unspecified atom stereocenters. The molecule has 20 heavy (non-hydrogen) atoms.